The molecule has 3 rings (SSSR count). The molecule has 0 aromatic heterocycles. The van der Waals surface area contributed by atoms with E-state index in [1.807, 2.05) is 54.6 Å². The lowest BCUT2D eigenvalue weighted by Crippen LogP contribution is -2.18. The Hall–Kier alpha value is -3.12. The zero-order valence-corrected chi connectivity index (χ0v) is 14.1. The molecule has 3 aromatic carbocycles. The summed E-state index contributed by atoms with van der Waals surface area (Å²) in [5.41, 5.74) is 2.72. The van der Waals surface area contributed by atoms with Crippen molar-refractivity contribution in [3.63, 3.8) is 0 Å². The summed E-state index contributed by atoms with van der Waals surface area (Å²) in [4.78, 5) is 2.38. The maximum Gasteiger partial charge on any atom is 0.276 e. The zero-order valence-electron chi connectivity index (χ0n) is 13.3. The number of para-hydroxylation sites is 1. The zero-order chi connectivity index (χ0) is 17.5. The second-order valence-corrected chi connectivity index (χ2v) is 6.94. The molecular formula is C19H17N3O2S. The molecule has 126 valence electrons. The van der Waals surface area contributed by atoms with E-state index in [0.29, 0.717) is 0 Å². The van der Waals surface area contributed by atoms with Crippen molar-refractivity contribution in [3.05, 3.63) is 90.5 Å². The molecule has 0 bridgehead atoms. The molecule has 0 aliphatic carbocycles. The standard InChI is InChI=1S/C19H17N3O2S/c23-25(24,19-9-5-2-6-10-19)22-20-15-16-11-13-18(14-12-16)21-17-7-3-1-4-8-17/h1-15,21-22H/b20-15-. The first-order valence-electron chi connectivity index (χ1n) is 7.65. The molecule has 25 heavy (non-hydrogen) atoms. The minimum atomic E-state index is -3.64. The molecule has 5 nitrogen and oxygen atoms in total. The van der Waals surface area contributed by atoms with Crippen molar-refractivity contribution in [1.82, 2.24) is 4.83 Å². The third kappa shape index (κ3) is 4.68. The maximum absolute atomic E-state index is 12.0. The van der Waals surface area contributed by atoms with Crippen LogP contribution in [0.2, 0.25) is 0 Å². The predicted molar refractivity (Wildman–Crippen MR) is 101 cm³/mol. The van der Waals surface area contributed by atoms with Crippen molar-refractivity contribution in [1.29, 1.82) is 0 Å². The van der Waals surface area contributed by atoms with E-state index in [1.165, 1.54) is 18.3 Å². The summed E-state index contributed by atoms with van der Waals surface area (Å²) in [7, 11) is -3.64. The minimum absolute atomic E-state index is 0.176. The Morgan fingerprint density at radius 2 is 1.28 bits per heavy atom. The van der Waals surface area contributed by atoms with E-state index in [1.54, 1.807) is 18.2 Å². The molecule has 0 aliphatic rings. The van der Waals surface area contributed by atoms with Crippen LogP contribution in [0, 0.1) is 0 Å². The van der Waals surface area contributed by atoms with Crippen molar-refractivity contribution in [2.75, 3.05) is 5.32 Å². The lowest BCUT2D eigenvalue weighted by Gasteiger charge is -2.06. The van der Waals surface area contributed by atoms with Crippen molar-refractivity contribution < 1.29 is 8.42 Å². The molecule has 2 N–H and O–H groups in total. The van der Waals surface area contributed by atoms with Gasteiger partial charge in [-0.25, -0.2) is 4.83 Å². The molecule has 0 atom stereocenters. The van der Waals surface area contributed by atoms with Gasteiger partial charge in [-0.1, -0.05) is 48.5 Å². The fourth-order valence-electron chi connectivity index (χ4n) is 2.16. The average molecular weight is 351 g/mol. The van der Waals surface area contributed by atoms with Gasteiger partial charge in [-0.3, -0.25) is 0 Å². The number of sulfonamides is 1. The molecule has 0 fully saturated rings. The van der Waals surface area contributed by atoms with E-state index in [4.69, 9.17) is 0 Å². The summed E-state index contributed by atoms with van der Waals surface area (Å²) >= 11 is 0. The van der Waals surface area contributed by atoms with Gasteiger partial charge in [-0.15, -0.1) is 0 Å². The van der Waals surface area contributed by atoms with Crippen LogP contribution < -0.4 is 10.1 Å². The second kappa shape index (κ2) is 7.63. The summed E-state index contributed by atoms with van der Waals surface area (Å²) in [5.74, 6) is 0. The van der Waals surface area contributed by atoms with Gasteiger partial charge in [0, 0.05) is 11.4 Å². The molecule has 0 aliphatic heterocycles. The van der Waals surface area contributed by atoms with E-state index < -0.39 is 10.0 Å². The van der Waals surface area contributed by atoms with E-state index >= 15 is 0 Å². The summed E-state index contributed by atoms with van der Waals surface area (Å²) < 4.78 is 24.1. The van der Waals surface area contributed by atoms with Gasteiger partial charge in [0.25, 0.3) is 10.0 Å². The number of hydrogen-bond acceptors (Lipinski definition) is 4. The van der Waals surface area contributed by atoms with Gasteiger partial charge in [0.2, 0.25) is 0 Å². The molecule has 0 heterocycles. The topological polar surface area (TPSA) is 70.6 Å². The van der Waals surface area contributed by atoms with Gasteiger partial charge in [0.05, 0.1) is 11.1 Å². The SMILES string of the molecule is O=S(=O)(N/N=C\c1ccc(Nc2ccccc2)cc1)c1ccccc1. The van der Waals surface area contributed by atoms with Crippen LogP contribution in [0.15, 0.2) is 94.9 Å². The third-order valence-electron chi connectivity index (χ3n) is 3.41. The van der Waals surface area contributed by atoms with Crippen LogP contribution in [0.3, 0.4) is 0 Å². The highest BCUT2D eigenvalue weighted by Gasteiger charge is 2.10. The van der Waals surface area contributed by atoms with E-state index in [2.05, 4.69) is 15.2 Å². The lowest BCUT2D eigenvalue weighted by molar-refractivity contribution is 0.584. The van der Waals surface area contributed by atoms with Gasteiger partial charge in [-0.05, 0) is 42.0 Å². The Morgan fingerprint density at radius 3 is 1.92 bits per heavy atom. The van der Waals surface area contributed by atoms with Crippen molar-refractivity contribution in [2.24, 2.45) is 5.10 Å². The van der Waals surface area contributed by atoms with Crippen LogP contribution in [-0.4, -0.2) is 14.6 Å². The number of rotatable bonds is 6. The largest absolute Gasteiger partial charge is 0.356 e. The number of hydrogen-bond donors (Lipinski definition) is 2. The van der Waals surface area contributed by atoms with Crippen LogP contribution in [0.4, 0.5) is 11.4 Å². The Morgan fingerprint density at radius 1 is 0.720 bits per heavy atom. The summed E-state index contributed by atoms with van der Waals surface area (Å²) in [6.07, 6.45) is 1.47. The summed E-state index contributed by atoms with van der Waals surface area (Å²) in [5, 5.41) is 7.10. The Labute approximate surface area is 147 Å². The first kappa shape index (κ1) is 16.7. The van der Waals surface area contributed by atoms with Gasteiger partial charge in [0.1, 0.15) is 0 Å². The van der Waals surface area contributed by atoms with Crippen LogP contribution >= 0.6 is 0 Å². The van der Waals surface area contributed by atoms with E-state index in [0.717, 1.165) is 16.9 Å². The molecule has 6 heteroatoms. The monoisotopic (exact) mass is 351 g/mol. The molecule has 0 spiro atoms. The predicted octanol–water partition coefficient (Wildman–Crippen LogP) is 3.74. The molecule has 0 unspecified atom stereocenters. The highest BCUT2D eigenvalue weighted by molar-refractivity contribution is 7.89. The molecule has 3 aromatic rings. The van der Waals surface area contributed by atoms with Gasteiger partial charge in [0.15, 0.2) is 0 Å². The van der Waals surface area contributed by atoms with Gasteiger partial charge >= 0.3 is 0 Å². The normalized spacial score (nSPS) is 11.4. The highest BCUT2D eigenvalue weighted by atomic mass is 32.2. The summed E-state index contributed by atoms with van der Waals surface area (Å²) in [6.45, 7) is 0. The number of nitrogens with zero attached hydrogens (tertiary/aromatic N) is 1. The fourth-order valence-corrected chi connectivity index (χ4v) is 2.98. The van der Waals surface area contributed by atoms with E-state index in [-0.39, 0.29) is 4.90 Å². The number of hydrazone groups is 1. The molecule has 0 saturated carbocycles. The van der Waals surface area contributed by atoms with Crippen molar-refractivity contribution >= 4 is 27.6 Å². The number of nitrogens with one attached hydrogen (secondary N) is 2. The molecule has 0 saturated heterocycles. The molecule has 0 amide bonds. The van der Waals surface area contributed by atoms with Crippen molar-refractivity contribution in [2.45, 2.75) is 4.90 Å². The van der Waals surface area contributed by atoms with Crippen LogP contribution in [0.1, 0.15) is 5.56 Å². The van der Waals surface area contributed by atoms with Crippen LogP contribution in [-0.2, 0) is 10.0 Å². The maximum atomic E-state index is 12.0. The Kier molecular flexibility index (Phi) is 5.11. The Bertz CT molecular complexity index is 939. The smallest absolute Gasteiger partial charge is 0.276 e. The number of anilines is 2. The molecular weight excluding hydrogens is 334 g/mol. The third-order valence-corrected chi connectivity index (χ3v) is 4.65. The average Bonchev–Trinajstić information content (AvgIpc) is 2.65. The van der Waals surface area contributed by atoms with Crippen LogP contribution in [0.25, 0.3) is 0 Å². The molecule has 0 radical (unpaired) electrons. The van der Waals surface area contributed by atoms with E-state index in [9.17, 15) is 8.42 Å². The fraction of sp³-hybridized carbons (Fsp3) is 0. The summed E-state index contributed by atoms with van der Waals surface area (Å²) in [6, 6.07) is 25.5. The second-order valence-electron chi connectivity index (χ2n) is 5.28. The quantitative estimate of drug-likeness (QED) is 0.525. The number of benzene rings is 3. The first-order chi connectivity index (χ1) is 12.1. The van der Waals surface area contributed by atoms with Crippen LogP contribution in [0.5, 0.6) is 0 Å². The Balaban J connectivity index is 1.62. The van der Waals surface area contributed by atoms with Gasteiger partial charge in [-0.2, -0.15) is 13.5 Å². The highest BCUT2D eigenvalue weighted by Crippen LogP contribution is 2.16. The first-order valence-corrected chi connectivity index (χ1v) is 9.14. The van der Waals surface area contributed by atoms with Crippen molar-refractivity contribution in [3.8, 4) is 0 Å². The lowest BCUT2D eigenvalue weighted by atomic mass is 10.2. The minimum Gasteiger partial charge on any atom is -0.356 e. The van der Waals surface area contributed by atoms with Gasteiger partial charge < -0.3 is 5.32 Å².